The normalized spacial score (nSPS) is 15.6. The summed E-state index contributed by atoms with van der Waals surface area (Å²) >= 11 is 0. The van der Waals surface area contributed by atoms with Crippen molar-refractivity contribution in [2.24, 2.45) is 0 Å². The van der Waals surface area contributed by atoms with Crippen molar-refractivity contribution in [1.82, 2.24) is 4.90 Å². The molecule has 1 unspecified atom stereocenters. The summed E-state index contributed by atoms with van der Waals surface area (Å²) in [6, 6.07) is 11.7. The zero-order valence-corrected chi connectivity index (χ0v) is 29.4. The van der Waals surface area contributed by atoms with Crippen molar-refractivity contribution in [3.8, 4) is 0 Å². The van der Waals surface area contributed by atoms with Crippen LogP contribution in [0.25, 0.3) is 0 Å². The van der Waals surface area contributed by atoms with E-state index in [-0.39, 0.29) is 55.1 Å². The summed E-state index contributed by atoms with van der Waals surface area (Å²) in [7, 11) is -4.93. The van der Waals surface area contributed by atoms with Gasteiger partial charge in [0.05, 0.1) is 32.8 Å². The Hall–Kier alpha value is -5.32. The van der Waals surface area contributed by atoms with Gasteiger partial charge < -0.3 is 10.0 Å². The SMILES string of the molecule is Cc1c(C)c(N2C(=O)c3ccc(C(C)(c4ccc5c(c4)C(=O)N(C)C5=O)C(F)(F)F)cc3C2=O)c(C)c(S(=O)(=O)Nc2ccc(B(O)O)cc2)c1C. The van der Waals surface area contributed by atoms with Crippen LogP contribution in [0.2, 0.25) is 0 Å². The number of rotatable bonds is 7. The fraction of sp³-hybridized carbons (Fsp3) is 0.222. The molecule has 4 aromatic rings. The number of anilines is 2. The summed E-state index contributed by atoms with van der Waals surface area (Å²) in [5.41, 5.74) is -2.97. The predicted molar refractivity (Wildman–Crippen MR) is 185 cm³/mol. The molecule has 16 heteroatoms. The Morgan fingerprint density at radius 1 is 0.673 bits per heavy atom. The smallest absolute Gasteiger partial charge is 0.423 e. The molecule has 11 nitrogen and oxygen atoms in total. The predicted octanol–water partition coefficient (Wildman–Crippen LogP) is 4.30. The minimum Gasteiger partial charge on any atom is -0.423 e. The third kappa shape index (κ3) is 5.31. The van der Waals surface area contributed by atoms with Crippen molar-refractivity contribution >= 4 is 57.6 Å². The molecule has 2 aliphatic rings. The third-order valence-electron chi connectivity index (χ3n) is 10.2. The minimum atomic E-state index is -4.98. The number of alkyl halides is 3. The van der Waals surface area contributed by atoms with E-state index in [9.17, 15) is 37.6 Å². The van der Waals surface area contributed by atoms with Gasteiger partial charge in [0, 0.05) is 12.7 Å². The highest BCUT2D eigenvalue weighted by Gasteiger charge is 2.55. The van der Waals surface area contributed by atoms with Gasteiger partial charge >= 0.3 is 13.3 Å². The second-order valence-corrected chi connectivity index (χ2v) is 14.7. The highest BCUT2D eigenvalue weighted by atomic mass is 32.2. The molecule has 4 amide bonds. The zero-order valence-electron chi connectivity index (χ0n) is 28.6. The maximum Gasteiger partial charge on any atom is 0.488 e. The Labute approximate surface area is 296 Å². The minimum absolute atomic E-state index is 0.0349. The third-order valence-corrected chi connectivity index (χ3v) is 11.8. The fourth-order valence-electron chi connectivity index (χ4n) is 6.89. The molecule has 4 aromatic carbocycles. The number of imide groups is 2. The highest BCUT2D eigenvalue weighted by molar-refractivity contribution is 7.92. The van der Waals surface area contributed by atoms with Crippen molar-refractivity contribution < 1.29 is 50.8 Å². The topological polar surface area (TPSA) is 161 Å². The fourth-order valence-corrected chi connectivity index (χ4v) is 8.49. The zero-order chi connectivity index (χ0) is 38.4. The highest BCUT2D eigenvalue weighted by Crippen LogP contribution is 2.48. The summed E-state index contributed by atoms with van der Waals surface area (Å²) in [6.07, 6.45) is -4.98. The monoisotopic (exact) mass is 733 g/mol. The number of hydrogen-bond acceptors (Lipinski definition) is 8. The first-order valence-electron chi connectivity index (χ1n) is 15.8. The number of halogens is 3. The number of fused-ring (bicyclic) bond motifs is 2. The lowest BCUT2D eigenvalue weighted by Crippen LogP contribution is -2.41. The number of nitrogens with one attached hydrogen (secondary N) is 1. The van der Waals surface area contributed by atoms with Crippen LogP contribution in [0.5, 0.6) is 0 Å². The van der Waals surface area contributed by atoms with Gasteiger partial charge in [0.15, 0.2) is 0 Å². The van der Waals surface area contributed by atoms with Gasteiger partial charge in [-0.15, -0.1) is 0 Å². The van der Waals surface area contributed by atoms with Gasteiger partial charge in [0.25, 0.3) is 33.7 Å². The van der Waals surface area contributed by atoms with Crippen LogP contribution in [-0.4, -0.2) is 67.3 Å². The van der Waals surface area contributed by atoms with E-state index < -0.39 is 57.9 Å². The van der Waals surface area contributed by atoms with E-state index in [2.05, 4.69) is 4.72 Å². The molecule has 52 heavy (non-hydrogen) atoms. The molecule has 0 bridgehead atoms. The largest absolute Gasteiger partial charge is 0.488 e. The van der Waals surface area contributed by atoms with E-state index >= 15 is 13.2 Å². The lowest BCUT2D eigenvalue weighted by molar-refractivity contribution is -0.173. The van der Waals surface area contributed by atoms with Gasteiger partial charge in [0.2, 0.25) is 0 Å². The van der Waals surface area contributed by atoms with Crippen LogP contribution in [-0.2, 0) is 15.4 Å². The van der Waals surface area contributed by atoms with Crippen LogP contribution in [0.3, 0.4) is 0 Å². The maximum absolute atomic E-state index is 15.1. The van der Waals surface area contributed by atoms with E-state index in [4.69, 9.17) is 0 Å². The Morgan fingerprint density at radius 3 is 1.67 bits per heavy atom. The standard InChI is InChI=1S/C36H31BF3N3O8S/c1-17-18(2)29(20(4)30(19(17)3)52(50,51)41-24-11-9-23(10-12-24)37(48)49)43-33(46)26-14-8-22(16-28(26)34(43)47)35(5,36(38,39)40)21-7-13-25-27(15-21)32(45)42(6)31(25)44/h7-16,41,48-49H,1-6H3. The molecule has 1 atom stereocenters. The van der Waals surface area contributed by atoms with E-state index in [0.717, 1.165) is 53.1 Å². The molecule has 2 aliphatic heterocycles. The summed E-state index contributed by atoms with van der Waals surface area (Å²) in [4.78, 5) is 54.4. The number of sulfonamides is 1. The maximum atomic E-state index is 15.1. The second kappa shape index (κ2) is 12.1. The van der Waals surface area contributed by atoms with E-state index in [1.54, 1.807) is 20.8 Å². The molecule has 0 aromatic heterocycles. The van der Waals surface area contributed by atoms with Crippen LogP contribution >= 0.6 is 0 Å². The van der Waals surface area contributed by atoms with Crippen LogP contribution in [0.4, 0.5) is 24.5 Å². The first kappa shape index (κ1) is 36.5. The second-order valence-electron chi connectivity index (χ2n) is 13.0. The van der Waals surface area contributed by atoms with Crippen molar-refractivity contribution in [3.05, 3.63) is 116 Å². The molecule has 0 aliphatic carbocycles. The molecule has 6 rings (SSSR count). The van der Waals surface area contributed by atoms with Gasteiger partial charge in [-0.25, -0.2) is 13.3 Å². The Bertz CT molecular complexity index is 2380. The van der Waals surface area contributed by atoms with E-state index in [0.29, 0.717) is 16.7 Å². The number of hydrogen-bond donors (Lipinski definition) is 3. The van der Waals surface area contributed by atoms with Gasteiger partial charge in [-0.2, -0.15) is 13.2 Å². The summed E-state index contributed by atoms with van der Waals surface area (Å²) < 4.78 is 75.4. The van der Waals surface area contributed by atoms with Crippen molar-refractivity contribution in [3.63, 3.8) is 0 Å². The summed E-state index contributed by atoms with van der Waals surface area (Å²) in [5.74, 6) is -3.24. The molecule has 0 radical (unpaired) electrons. The van der Waals surface area contributed by atoms with Crippen molar-refractivity contribution in [2.75, 3.05) is 16.7 Å². The molecule has 2 heterocycles. The molecule has 0 spiro atoms. The average molecular weight is 734 g/mol. The van der Waals surface area contributed by atoms with Crippen molar-refractivity contribution in [2.45, 2.75) is 51.1 Å². The summed E-state index contributed by atoms with van der Waals surface area (Å²) in [5, 5.41) is 18.8. The summed E-state index contributed by atoms with van der Waals surface area (Å²) in [6.45, 7) is 7.07. The van der Waals surface area contributed by atoms with Crippen LogP contribution in [0.1, 0.15) is 81.7 Å². The number of nitrogens with zero attached hydrogens (tertiary/aromatic N) is 2. The number of carbonyl (C=O) groups excluding carboxylic acids is 4. The van der Waals surface area contributed by atoms with Crippen molar-refractivity contribution in [1.29, 1.82) is 0 Å². The molecule has 3 N–H and O–H groups in total. The molecule has 0 saturated heterocycles. The first-order chi connectivity index (χ1) is 24.1. The Kier molecular flexibility index (Phi) is 8.52. The van der Waals surface area contributed by atoms with E-state index in [1.165, 1.54) is 38.2 Å². The first-order valence-corrected chi connectivity index (χ1v) is 17.3. The van der Waals surface area contributed by atoms with Gasteiger partial charge in [-0.3, -0.25) is 28.8 Å². The molecular formula is C36H31BF3N3O8S. The van der Waals surface area contributed by atoms with Gasteiger partial charge in [-0.1, -0.05) is 24.3 Å². The number of carbonyl (C=O) groups is 4. The Balaban J connectivity index is 1.44. The number of amides is 4. The molecular weight excluding hydrogens is 702 g/mol. The average Bonchev–Trinajstić information content (AvgIpc) is 3.45. The van der Waals surface area contributed by atoms with Crippen LogP contribution < -0.4 is 15.1 Å². The van der Waals surface area contributed by atoms with Crippen LogP contribution in [0.15, 0.2) is 65.6 Å². The lowest BCUT2D eigenvalue weighted by atomic mass is 9.74. The number of benzene rings is 4. The molecule has 0 fully saturated rings. The Morgan fingerprint density at radius 2 is 1.15 bits per heavy atom. The van der Waals surface area contributed by atoms with Crippen LogP contribution in [0, 0.1) is 27.7 Å². The quantitative estimate of drug-likeness (QED) is 0.187. The van der Waals surface area contributed by atoms with Gasteiger partial charge in [-0.05, 0) is 110 Å². The van der Waals surface area contributed by atoms with Gasteiger partial charge in [0.1, 0.15) is 5.41 Å². The molecule has 0 saturated carbocycles. The van der Waals surface area contributed by atoms with E-state index in [1.807, 2.05) is 0 Å². The molecule has 268 valence electrons. The lowest BCUT2D eigenvalue weighted by Gasteiger charge is -2.33.